The van der Waals surface area contributed by atoms with E-state index >= 15 is 0 Å². The van der Waals surface area contributed by atoms with Gasteiger partial charge in [-0.2, -0.15) is 0 Å². The number of carboxylic acid groups (broad SMARTS) is 1. The number of carboxylic acids is 1. The summed E-state index contributed by atoms with van der Waals surface area (Å²) in [6, 6.07) is 6.21. The Morgan fingerprint density at radius 2 is 1.09 bits per heavy atom. The summed E-state index contributed by atoms with van der Waals surface area (Å²) in [6.07, 6.45) is 22.8. The van der Waals surface area contributed by atoms with E-state index in [4.69, 9.17) is 5.73 Å². The minimum absolute atomic E-state index is 0.0597. The Kier molecular flexibility index (Phi) is 17.8. The van der Waals surface area contributed by atoms with E-state index in [-0.39, 0.29) is 11.3 Å². The smallest absolute Gasteiger partial charge is 0.322 e. The second-order valence-electron chi connectivity index (χ2n) is 10.0. The highest BCUT2D eigenvalue weighted by Gasteiger charge is 2.33. The van der Waals surface area contributed by atoms with E-state index in [2.05, 4.69) is 6.92 Å². The molecule has 0 fully saturated rings. The maximum absolute atomic E-state index is 12.8. The van der Waals surface area contributed by atoms with E-state index < -0.39 is 21.1 Å². The topological polar surface area (TPSA) is 97.5 Å². The van der Waals surface area contributed by atoms with Crippen molar-refractivity contribution in [2.75, 3.05) is 0 Å². The van der Waals surface area contributed by atoms with Gasteiger partial charge in [-0.15, -0.1) is 0 Å². The lowest BCUT2D eigenvalue weighted by Gasteiger charge is -2.14. The second kappa shape index (κ2) is 19.7. The predicted octanol–water partition coefficient (Wildman–Crippen LogP) is 7.80. The first-order valence-corrected chi connectivity index (χ1v) is 15.7. The number of rotatable bonds is 23. The zero-order valence-corrected chi connectivity index (χ0v) is 23.0. The van der Waals surface area contributed by atoms with E-state index in [1.54, 1.807) is 12.1 Å². The van der Waals surface area contributed by atoms with Crippen LogP contribution in [0.3, 0.4) is 0 Å². The zero-order valence-electron chi connectivity index (χ0n) is 22.2. The molecule has 1 unspecified atom stereocenters. The van der Waals surface area contributed by atoms with E-state index in [0.29, 0.717) is 13.0 Å². The highest BCUT2D eigenvalue weighted by molar-refractivity contribution is 7.92. The number of unbranched alkanes of at least 4 members (excludes halogenated alkanes) is 17. The van der Waals surface area contributed by atoms with Crippen LogP contribution in [0.15, 0.2) is 29.2 Å². The number of sulfone groups is 1. The summed E-state index contributed by atoms with van der Waals surface area (Å²) in [5, 5.41) is 8.13. The predicted molar refractivity (Wildman–Crippen MR) is 146 cm³/mol. The summed E-state index contributed by atoms with van der Waals surface area (Å²) in [5.74, 6) is -1.26. The van der Waals surface area contributed by atoms with Gasteiger partial charge in [0, 0.05) is 6.54 Å². The van der Waals surface area contributed by atoms with Crippen LogP contribution in [0.5, 0.6) is 0 Å². The molecule has 0 saturated carbocycles. The van der Waals surface area contributed by atoms with Gasteiger partial charge in [0.25, 0.3) is 0 Å². The van der Waals surface area contributed by atoms with Gasteiger partial charge in [0.05, 0.1) is 4.90 Å². The van der Waals surface area contributed by atoms with E-state index in [1.165, 1.54) is 102 Å². The molecule has 1 aromatic carbocycles. The van der Waals surface area contributed by atoms with Gasteiger partial charge in [0.1, 0.15) is 0 Å². The van der Waals surface area contributed by atoms with Gasteiger partial charge in [-0.25, -0.2) is 8.42 Å². The van der Waals surface area contributed by atoms with E-state index in [1.807, 2.05) is 0 Å². The van der Waals surface area contributed by atoms with Crippen molar-refractivity contribution < 1.29 is 18.3 Å². The Morgan fingerprint density at radius 1 is 0.714 bits per heavy atom. The van der Waals surface area contributed by atoms with Crippen molar-refractivity contribution in [3.63, 3.8) is 0 Å². The van der Waals surface area contributed by atoms with Crippen molar-refractivity contribution in [3.8, 4) is 0 Å². The van der Waals surface area contributed by atoms with Gasteiger partial charge in [-0.3, -0.25) is 4.79 Å². The van der Waals surface area contributed by atoms with Crippen molar-refractivity contribution in [1.82, 2.24) is 0 Å². The van der Waals surface area contributed by atoms with Gasteiger partial charge in [-0.05, 0) is 24.1 Å². The molecule has 0 spiro atoms. The molecule has 0 amide bonds. The summed E-state index contributed by atoms with van der Waals surface area (Å²) >= 11 is 0. The minimum Gasteiger partial charge on any atom is -0.480 e. The van der Waals surface area contributed by atoms with Crippen LogP contribution in [-0.2, 0) is 21.2 Å². The summed E-state index contributed by atoms with van der Waals surface area (Å²) in [6.45, 7) is 2.59. The third-order valence-electron chi connectivity index (χ3n) is 6.96. The van der Waals surface area contributed by atoms with Crippen molar-refractivity contribution in [2.24, 2.45) is 5.73 Å². The fraction of sp³-hybridized carbons (Fsp3) is 0.759. The normalized spacial score (nSPS) is 12.6. The Hall–Kier alpha value is -1.40. The fourth-order valence-electron chi connectivity index (χ4n) is 4.62. The largest absolute Gasteiger partial charge is 0.480 e. The molecule has 0 aliphatic rings. The average Bonchev–Trinajstić information content (AvgIpc) is 2.85. The maximum atomic E-state index is 12.8. The molecule has 0 saturated heterocycles. The molecular formula is C29H51NO4S. The maximum Gasteiger partial charge on any atom is 0.322 e. The molecule has 3 N–H and O–H groups in total. The highest BCUT2D eigenvalue weighted by Crippen LogP contribution is 2.22. The number of hydrogen-bond donors (Lipinski definition) is 2. The average molecular weight is 510 g/mol. The van der Waals surface area contributed by atoms with Crippen molar-refractivity contribution in [2.45, 2.75) is 146 Å². The fourth-order valence-corrected chi connectivity index (χ4v) is 6.21. The Bertz CT molecular complexity index is 761. The quantitative estimate of drug-likeness (QED) is 0.147. The van der Waals surface area contributed by atoms with Gasteiger partial charge < -0.3 is 10.8 Å². The second-order valence-corrected chi connectivity index (χ2v) is 12.1. The SMILES string of the molecule is CCCCCCCCCCCCCCCCCCCCC(C(=O)O)S(=O)(=O)c1ccc(CN)cc1. The molecule has 1 atom stereocenters. The van der Waals surface area contributed by atoms with Gasteiger partial charge in [-0.1, -0.05) is 135 Å². The van der Waals surface area contributed by atoms with Crippen LogP contribution in [0.2, 0.25) is 0 Å². The Morgan fingerprint density at radius 3 is 1.43 bits per heavy atom. The molecule has 0 aromatic heterocycles. The molecule has 0 bridgehead atoms. The first kappa shape index (κ1) is 31.6. The lowest BCUT2D eigenvalue weighted by atomic mass is 10.0. The Balaban J connectivity index is 2.06. The van der Waals surface area contributed by atoms with Crippen LogP contribution in [0.4, 0.5) is 0 Å². The van der Waals surface area contributed by atoms with Gasteiger partial charge in [0.2, 0.25) is 0 Å². The zero-order chi connectivity index (χ0) is 25.8. The van der Waals surface area contributed by atoms with Crippen LogP contribution >= 0.6 is 0 Å². The first-order valence-electron chi connectivity index (χ1n) is 14.2. The third kappa shape index (κ3) is 14.1. The number of nitrogens with two attached hydrogens (primary N) is 1. The molecule has 0 aliphatic heterocycles. The molecular weight excluding hydrogens is 458 g/mol. The van der Waals surface area contributed by atoms with Crippen LogP contribution in [0.1, 0.15) is 134 Å². The molecule has 5 nitrogen and oxygen atoms in total. The number of benzene rings is 1. The highest BCUT2D eigenvalue weighted by atomic mass is 32.2. The minimum atomic E-state index is -3.89. The lowest BCUT2D eigenvalue weighted by molar-refractivity contribution is -0.136. The molecule has 0 aliphatic carbocycles. The molecule has 0 heterocycles. The van der Waals surface area contributed by atoms with Crippen LogP contribution in [0.25, 0.3) is 0 Å². The van der Waals surface area contributed by atoms with Crippen molar-refractivity contribution in [1.29, 1.82) is 0 Å². The van der Waals surface area contributed by atoms with Crippen LogP contribution in [0, 0.1) is 0 Å². The number of hydrogen-bond acceptors (Lipinski definition) is 4. The standard InChI is InChI=1S/C29H51NO4S/c1-2-3-4-5-6-7-8-9-10-11-12-13-14-15-16-17-18-19-20-28(29(31)32)35(33,34)27-23-21-26(25-30)22-24-27/h21-24,28H,2-20,25,30H2,1H3,(H,31,32). The number of aliphatic carboxylic acids is 1. The number of carbonyl (C=O) groups is 1. The Labute approximate surface area is 215 Å². The van der Waals surface area contributed by atoms with Gasteiger partial charge >= 0.3 is 5.97 Å². The lowest BCUT2D eigenvalue weighted by Crippen LogP contribution is -2.30. The van der Waals surface area contributed by atoms with Crippen molar-refractivity contribution >= 4 is 15.8 Å². The first-order chi connectivity index (χ1) is 16.9. The summed E-state index contributed by atoms with van der Waals surface area (Å²) in [5.41, 5.74) is 6.37. The van der Waals surface area contributed by atoms with E-state index in [9.17, 15) is 18.3 Å². The van der Waals surface area contributed by atoms with Crippen molar-refractivity contribution in [3.05, 3.63) is 29.8 Å². The van der Waals surface area contributed by atoms with Crippen LogP contribution in [-0.4, -0.2) is 24.7 Å². The van der Waals surface area contributed by atoms with Gasteiger partial charge in [0.15, 0.2) is 15.1 Å². The molecule has 6 heteroatoms. The summed E-state index contributed by atoms with van der Waals surface area (Å²) in [7, 11) is -3.89. The third-order valence-corrected chi connectivity index (χ3v) is 9.07. The molecule has 202 valence electrons. The molecule has 35 heavy (non-hydrogen) atoms. The molecule has 0 radical (unpaired) electrons. The molecule has 1 aromatic rings. The summed E-state index contributed by atoms with van der Waals surface area (Å²) < 4.78 is 25.5. The monoisotopic (exact) mass is 509 g/mol. The summed E-state index contributed by atoms with van der Waals surface area (Å²) in [4.78, 5) is 11.7. The molecule has 1 rings (SSSR count). The van der Waals surface area contributed by atoms with E-state index in [0.717, 1.165) is 24.8 Å². The van der Waals surface area contributed by atoms with Crippen LogP contribution < -0.4 is 5.73 Å².